The second-order valence-corrected chi connectivity index (χ2v) is 4.32. The maximum absolute atomic E-state index is 10.5. The van der Waals surface area contributed by atoms with Crippen LogP contribution in [-0.4, -0.2) is 41.1 Å². The zero-order chi connectivity index (χ0) is 13.0. The summed E-state index contributed by atoms with van der Waals surface area (Å²) in [6.45, 7) is 0.618. The molecule has 98 valence electrons. The van der Waals surface area contributed by atoms with Crippen LogP contribution in [0, 0.1) is 0 Å². The Morgan fingerprint density at radius 3 is 2.72 bits per heavy atom. The van der Waals surface area contributed by atoms with Gasteiger partial charge in [-0.3, -0.25) is 0 Å². The molecule has 2 N–H and O–H groups in total. The van der Waals surface area contributed by atoms with Gasteiger partial charge in [0.1, 0.15) is 0 Å². The molecule has 5 nitrogen and oxygen atoms in total. The van der Waals surface area contributed by atoms with Gasteiger partial charge in [0.25, 0.3) is 0 Å². The number of rotatable bonds is 7. The summed E-state index contributed by atoms with van der Waals surface area (Å²) in [5.41, 5.74) is 1.04. The molecule has 1 aromatic rings. The second-order valence-electron chi connectivity index (χ2n) is 4.32. The van der Waals surface area contributed by atoms with E-state index in [2.05, 4.69) is 0 Å². The number of epoxide rings is 1. The molecule has 1 fully saturated rings. The van der Waals surface area contributed by atoms with Gasteiger partial charge >= 0.3 is 5.97 Å². The van der Waals surface area contributed by atoms with Gasteiger partial charge in [-0.05, 0) is 5.56 Å². The number of aliphatic hydroxyl groups is 1. The average molecular weight is 252 g/mol. The van der Waals surface area contributed by atoms with Crippen molar-refractivity contribution in [2.75, 3.05) is 6.61 Å². The Hall–Kier alpha value is -1.43. The highest BCUT2D eigenvalue weighted by Crippen LogP contribution is 2.26. The predicted octanol–water partition coefficient (Wildman–Crippen LogP) is 0.806. The van der Waals surface area contributed by atoms with E-state index in [1.54, 1.807) is 0 Å². The molecular weight excluding hydrogens is 236 g/mol. The zero-order valence-electron chi connectivity index (χ0n) is 9.86. The van der Waals surface area contributed by atoms with Crippen molar-refractivity contribution in [2.45, 2.75) is 31.3 Å². The van der Waals surface area contributed by atoms with Crippen molar-refractivity contribution in [2.24, 2.45) is 0 Å². The summed E-state index contributed by atoms with van der Waals surface area (Å²) in [5.74, 6) is -0.975. The Bertz CT molecular complexity index is 392. The maximum atomic E-state index is 10.5. The smallest absolute Gasteiger partial charge is 0.335 e. The first-order chi connectivity index (χ1) is 8.66. The molecule has 5 heteroatoms. The monoisotopic (exact) mass is 252 g/mol. The van der Waals surface area contributed by atoms with E-state index in [0.29, 0.717) is 13.0 Å². The molecule has 0 aromatic heterocycles. The van der Waals surface area contributed by atoms with Gasteiger partial charge in [0, 0.05) is 6.42 Å². The second kappa shape index (κ2) is 5.95. The minimum absolute atomic E-state index is 0.182. The third-order valence-corrected chi connectivity index (χ3v) is 2.75. The standard InChI is InChI=1S/C13H16O5/c14-10(6-11-12(18-11)13(15)16)8-17-7-9-4-2-1-3-5-9/h1-5,10-12,14H,6-8H2,(H,15,16)/t10-,11+,12+/m0/s1. The molecule has 0 unspecified atom stereocenters. The fourth-order valence-electron chi connectivity index (χ4n) is 1.76. The summed E-state index contributed by atoms with van der Waals surface area (Å²) < 4.78 is 10.3. The first kappa shape index (κ1) is 13.0. The summed E-state index contributed by atoms with van der Waals surface area (Å²) in [4.78, 5) is 10.5. The van der Waals surface area contributed by atoms with Crippen molar-refractivity contribution < 1.29 is 24.5 Å². The van der Waals surface area contributed by atoms with Crippen LogP contribution in [0.2, 0.25) is 0 Å². The largest absolute Gasteiger partial charge is 0.479 e. The molecule has 1 heterocycles. The van der Waals surface area contributed by atoms with Gasteiger partial charge in [-0.25, -0.2) is 4.79 Å². The van der Waals surface area contributed by atoms with Crippen molar-refractivity contribution in [3.05, 3.63) is 35.9 Å². The van der Waals surface area contributed by atoms with E-state index in [1.807, 2.05) is 30.3 Å². The molecule has 0 bridgehead atoms. The van der Waals surface area contributed by atoms with Gasteiger partial charge in [0.05, 0.1) is 25.4 Å². The first-order valence-electron chi connectivity index (χ1n) is 5.85. The quantitative estimate of drug-likeness (QED) is 0.702. The van der Waals surface area contributed by atoms with Gasteiger partial charge in [-0.2, -0.15) is 0 Å². The molecule has 3 atom stereocenters. The van der Waals surface area contributed by atoms with Crippen LogP contribution in [-0.2, 0) is 20.9 Å². The molecule has 0 aliphatic carbocycles. The Morgan fingerprint density at radius 2 is 2.11 bits per heavy atom. The number of hydrogen-bond acceptors (Lipinski definition) is 4. The Kier molecular flexibility index (Phi) is 4.30. The minimum Gasteiger partial charge on any atom is -0.479 e. The van der Waals surface area contributed by atoms with E-state index < -0.39 is 18.2 Å². The number of hydrogen-bond donors (Lipinski definition) is 2. The molecular formula is C13H16O5. The van der Waals surface area contributed by atoms with Crippen LogP contribution in [0.25, 0.3) is 0 Å². The Labute approximate surface area is 105 Å². The molecule has 0 spiro atoms. The summed E-state index contributed by atoms with van der Waals surface area (Å²) in [7, 11) is 0. The molecule has 1 aliphatic heterocycles. The van der Waals surface area contributed by atoms with Crippen LogP contribution in [0.4, 0.5) is 0 Å². The van der Waals surface area contributed by atoms with Crippen LogP contribution in [0.1, 0.15) is 12.0 Å². The lowest BCUT2D eigenvalue weighted by Crippen LogP contribution is -2.19. The Balaban J connectivity index is 1.61. The molecule has 0 saturated carbocycles. The highest BCUT2D eigenvalue weighted by Gasteiger charge is 2.45. The van der Waals surface area contributed by atoms with Gasteiger partial charge in [-0.1, -0.05) is 30.3 Å². The number of aliphatic hydroxyl groups excluding tert-OH is 1. The van der Waals surface area contributed by atoms with E-state index in [4.69, 9.17) is 14.6 Å². The number of ether oxygens (including phenoxy) is 2. The van der Waals surface area contributed by atoms with E-state index in [-0.39, 0.29) is 12.7 Å². The lowest BCUT2D eigenvalue weighted by atomic mass is 10.1. The third-order valence-electron chi connectivity index (χ3n) is 2.75. The zero-order valence-corrected chi connectivity index (χ0v) is 9.86. The lowest BCUT2D eigenvalue weighted by Gasteiger charge is -2.09. The van der Waals surface area contributed by atoms with Gasteiger partial charge in [0.2, 0.25) is 0 Å². The normalized spacial score (nSPS) is 23.6. The van der Waals surface area contributed by atoms with Crippen molar-refractivity contribution in [1.29, 1.82) is 0 Å². The van der Waals surface area contributed by atoms with E-state index in [9.17, 15) is 9.90 Å². The summed E-state index contributed by atoms with van der Waals surface area (Å²) in [6, 6.07) is 9.65. The molecule has 1 saturated heterocycles. The number of carboxylic acid groups (broad SMARTS) is 1. The number of carbonyl (C=O) groups is 1. The number of aliphatic carboxylic acids is 1. The van der Waals surface area contributed by atoms with Gasteiger partial charge in [0.15, 0.2) is 6.10 Å². The van der Waals surface area contributed by atoms with Crippen molar-refractivity contribution >= 4 is 5.97 Å². The fourth-order valence-corrected chi connectivity index (χ4v) is 1.76. The molecule has 0 amide bonds. The van der Waals surface area contributed by atoms with Crippen LogP contribution in [0.3, 0.4) is 0 Å². The molecule has 2 rings (SSSR count). The molecule has 1 aromatic carbocycles. The summed E-state index contributed by atoms with van der Waals surface area (Å²) in [5, 5.41) is 18.3. The number of benzene rings is 1. The van der Waals surface area contributed by atoms with Crippen LogP contribution >= 0.6 is 0 Å². The highest BCUT2D eigenvalue weighted by atomic mass is 16.6. The van der Waals surface area contributed by atoms with Crippen molar-refractivity contribution in [1.82, 2.24) is 0 Å². The topological polar surface area (TPSA) is 79.3 Å². The van der Waals surface area contributed by atoms with Gasteiger partial charge < -0.3 is 19.7 Å². The third kappa shape index (κ3) is 3.80. The average Bonchev–Trinajstić information content (AvgIpc) is 3.10. The first-order valence-corrected chi connectivity index (χ1v) is 5.85. The fraction of sp³-hybridized carbons (Fsp3) is 0.462. The van der Waals surface area contributed by atoms with E-state index in [0.717, 1.165) is 5.56 Å². The van der Waals surface area contributed by atoms with E-state index in [1.165, 1.54) is 0 Å². The minimum atomic E-state index is -0.975. The summed E-state index contributed by atoms with van der Waals surface area (Å²) >= 11 is 0. The Morgan fingerprint density at radius 1 is 1.39 bits per heavy atom. The maximum Gasteiger partial charge on any atom is 0.335 e. The van der Waals surface area contributed by atoms with Crippen LogP contribution in [0.5, 0.6) is 0 Å². The molecule has 18 heavy (non-hydrogen) atoms. The van der Waals surface area contributed by atoms with Crippen LogP contribution < -0.4 is 0 Å². The SMILES string of the molecule is O=C(O)[C@@H]1O[C@@H]1C[C@H](O)COCc1ccccc1. The predicted molar refractivity (Wildman–Crippen MR) is 63.0 cm³/mol. The van der Waals surface area contributed by atoms with Crippen molar-refractivity contribution in [3.63, 3.8) is 0 Å². The lowest BCUT2D eigenvalue weighted by molar-refractivity contribution is -0.138. The highest BCUT2D eigenvalue weighted by molar-refractivity contribution is 5.75. The van der Waals surface area contributed by atoms with E-state index >= 15 is 0 Å². The molecule has 1 aliphatic rings. The molecule has 0 radical (unpaired) electrons. The van der Waals surface area contributed by atoms with Crippen molar-refractivity contribution in [3.8, 4) is 0 Å². The number of carboxylic acids is 1. The van der Waals surface area contributed by atoms with Crippen LogP contribution in [0.15, 0.2) is 30.3 Å². The summed E-state index contributed by atoms with van der Waals surface area (Å²) in [6.07, 6.45) is -1.53. The van der Waals surface area contributed by atoms with Gasteiger partial charge in [-0.15, -0.1) is 0 Å².